The first-order valence-electron chi connectivity index (χ1n) is 5.22. The SMILES string of the molecule is Nc1cc(N2CCN(C(=O)O)CC2)c(Br)cn1. The van der Waals surface area contributed by atoms with Gasteiger partial charge < -0.3 is 20.6 Å². The number of hydrogen-bond acceptors (Lipinski definition) is 4. The van der Waals surface area contributed by atoms with Crippen LogP contribution in [-0.2, 0) is 0 Å². The Kier molecular flexibility index (Phi) is 3.37. The van der Waals surface area contributed by atoms with Crippen molar-refractivity contribution in [2.45, 2.75) is 0 Å². The number of aromatic nitrogens is 1. The average molecular weight is 301 g/mol. The normalized spacial score (nSPS) is 16.1. The van der Waals surface area contributed by atoms with E-state index in [4.69, 9.17) is 10.8 Å². The van der Waals surface area contributed by atoms with Crippen molar-refractivity contribution < 1.29 is 9.90 Å². The van der Waals surface area contributed by atoms with E-state index in [-0.39, 0.29) is 0 Å². The molecule has 3 N–H and O–H groups in total. The summed E-state index contributed by atoms with van der Waals surface area (Å²) in [6.45, 7) is 2.33. The largest absolute Gasteiger partial charge is 0.465 e. The van der Waals surface area contributed by atoms with E-state index in [1.165, 1.54) is 4.90 Å². The van der Waals surface area contributed by atoms with Crippen LogP contribution >= 0.6 is 15.9 Å². The number of nitrogens with two attached hydrogens (primary N) is 1. The van der Waals surface area contributed by atoms with Gasteiger partial charge in [-0.25, -0.2) is 9.78 Å². The van der Waals surface area contributed by atoms with Crippen molar-refractivity contribution in [3.63, 3.8) is 0 Å². The Morgan fingerprint density at radius 1 is 1.41 bits per heavy atom. The molecule has 7 heteroatoms. The molecular weight excluding hydrogens is 288 g/mol. The lowest BCUT2D eigenvalue weighted by Gasteiger charge is -2.35. The third kappa shape index (κ3) is 2.60. The minimum atomic E-state index is -0.863. The number of pyridine rings is 1. The maximum absolute atomic E-state index is 10.8. The van der Waals surface area contributed by atoms with Crippen molar-refractivity contribution in [1.82, 2.24) is 9.88 Å². The lowest BCUT2D eigenvalue weighted by atomic mass is 10.2. The number of anilines is 2. The molecule has 1 aromatic heterocycles. The highest BCUT2D eigenvalue weighted by atomic mass is 79.9. The molecule has 1 aliphatic rings. The van der Waals surface area contributed by atoms with Crippen LogP contribution in [0.25, 0.3) is 0 Å². The Hall–Kier alpha value is -1.50. The topological polar surface area (TPSA) is 82.7 Å². The van der Waals surface area contributed by atoms with Crippen molar-refractivity contribution in [1.29, 1.82) is 0 Å². The molecule has 6 nitrogen and oxygen atoms in total. The van der Waals surface area contributed by atoms with Gasteiger partial charge >= 0.3 is 6.09 Å². The first-order chi connectivity index (χ1) is 8.08. The molecule has 1 amide bonds. The lowest BCUT2D eigenvalue weighted by molar-refractivity contribution is 0.142. The molecule has 1 saturated heterocycles. The Balaban J connectivity index is 2.10. The van der Waals surface area contributed by atoms with E-state index in [1.54, 1.807) is 12.3 Å². The number of hydrogen-bond donors (Lipinski definition) is 2. The van der Waals surface area contributed by atoms with Gasteiger partial charge in [-0.3, -0.25) is 0 Å². The lowest BCUT2D eigenvalue weighted by Crippen LogP contribution is -2.48. The Bertz CT molecular complexity index is 432. The zero-order valence-electron chi connectivity index (χ0n) is 9.14. The summed E-state index contributed by atoms with van der Waals surface area (Å²) < 4.78 is 0.871. The fourth-order valence-corrected chi connectivity index (χ4v) is 2.29. The molecule has 1 aliphatic heterocycles. The molecule has 92 valence electrons. The van der Waals surface area contributed by atoms with E-state index >= 15 is 0 Å². The molecule has 1 aromatic rings. The molecule has 17 heavy (non-hydrogen) atoms. The highest BCUT2D eigenvalue weighted by molar-refractivity contribution is 9.10. The molecule has 0 aliphatic carbocycles. The summed E-state index contributed by atoms with van der Waals surface area (Å²) in [6.07, 6.45) is 0.798. The Morgan fingerprint density at radius 3 is 2.65 bits per heavy atom. The number of amides is 1. The van der Waals surface area contributed by atoms with Crippen molar-refractivity contribution in [2.24, 2.45) is 0 Å². The first kappa shape index (κ1) is 12.0. The fraction of sp³-hybridized carbons (Fsp3) is 0.400. The second kappa shape index (κ2) is 4.79. The predicted molar refractivity (Wildman–Crippen MR) is 68.2 cm³/mol. The zero-order chi connectivity index (χ0) is 12.4. The third-order valence-corrected chi connectivity index (χ3v) is 3.36. The standard InChI is InChI=1S/C10H13BrN4O2/c11-7-6-13-9(12)5-8(7)14-1-3-15(4-2-14)10(16)17/h5-6H,1-4H2,(H2,12,13)(H,16,17). The smallest absolute Gasteiger partial charge is 0.407 e. The van der Waals surface area contributed by atoms with Gasteiger partial charge in [0.1, 0.15) is 5.82 Å². The number of carbonyl (C=O) groups is 1. The molecule has 2 rings (SSSR count). The number of nitrogen functional groups attached to an aromatic ring is 1. The molecule has 0 atom stereocenters. The summed E-state index contributed by atoms with van der Waals surface area (Å²) in [5.74, 6) is 0.462. The minimum Gasteiger partial charge on any atom is -0.465 e. The summed E-state index contributed by atoms with van der Waals surface area (Å²) >= 11 is 3.42. The number of halogens is 1. The molecule has 0 unspecified atom stereocenters. The summed E-state index contributed by atoms with van der Waals surface area (Å²) in [5, 5.41) is 8.86. The van der Waals surface area contributed by atoms with Crippen molar-refractivity contribution >= 4 is 33.5 Å². The second-order valence-corrected chi connectivity index (χ2v) is 4.67. The fourth-order valence-electron chi connectivity index (χ4n) is 1.82. The van der Waals surface area contributed by atoms with Crippen molar-refractivity contribution in [3.8, 4) is 0 Å². The van der Waals surface area contributed by atoms with E-state index < -0.39 is 6.09 Å². The van der Waals surface area contributed by atoms with Crippen LogP contribution in [0.3, 0.4) is 0 Å². The molecule has 0 bridgehead atoms. The predicted octanol–water partition coefficient (Wildman–Crippen LogP) is 1.23. The highest BCUT2D eigenvalue weighted by Gasteiger charge is 2.21. The number of carboxylic acid groups (broad SMARTS) is 1. The maximum Gasteiger partial charge on any atom is 0.407 e. The summed E-state index contributed by atoms with van der Waals surface area (Å²) in [6, 6.07) is 1.79. The number of nitrogens with zero attached hydrogens (tertiary/aromatic N) is 3. The van der Waals surface area contributed by atoms with Gasteiger partial charge in [0.05, 0.1) is 10.2 Å². The van der Waals surface area contributed by atoms with Crippen LogP contribution in [0.15, 0.2) is 16.7 Å². The third-order valence-electron chi connectivity index (χ3n) is 2.75. The molecule has 2 heterocycles. The van der Waals surface area contributed by atoms with E-state index in [9.17, 15) is 4.79 Å². The number of piperazine rings is 1. The van der Waals surface area contributed by atoms with Crippen LogP contribution in [0.5, 0.6) is 0 Å². The van der Waals surface area contributed by atoms with Crippen LogP contribution in [0.1, 0.15) is 0 Å². The van der Waals surface area contributed by atoms with Crippen LogP contribution in [-0.4, -0.2) is 47.3 Å². The van der Waals surface area contributed by atoms with Gasteiger partial charge in [0.2, 0.25) is 0 Å². The van der Waals surface area contributed by atoms with Crippen LogP contribution in [0.2, 0.25) is 0 Å². The van der Waals surface area contributed by atoms with Crippen molar-refractivity contribution in [3.05, 3.63) is 16.7 Å². The van der Waals surface area contributed by atoms with Crippen molar-refractivity contribution in [2.75, 3.05) is 36.8 Å². The molecule has 0 aromatic carbocycles. The van der Waals surface area contributed by atoms with Gasteiger partial charge in [0, 0.05) is 38.4 Å². The Labute approximate surface area is 107 Å². The Morgan fingerprint density at radius 2 is 2.06 bits per heavy atom. The zero-order valence-corrected chi connectivity index (χ0v) is 10.7. The highest BCUT2D eigenvalue weighted by Crippen LogP contribution is 2.27. The summed E-state index contributed by atoms with van der Waals surface area (Å²) in [7, 11) is 0. The van der Waals surface area contributed by atoms with Gasteiger partial charge in [-0.1, -0.05) is 0 Å². The van der Waals surface area contributed by atoms with Gasteiger partial charge in [-0.2, -0.15) is 0 Å². The average Bonchev–Trinajstić information content (AvgIpc) is 2.32. The van der Waals surface area contributed by atoms with E-state index in [2.05, 4.69) is 25.8 Å². The summed E-state index contributed by atoms with van der Waals surface area (Å²) in [4.78, 5) is 18.3. The van der Waals surface area contributed by atoms with E-state index in [1.807, 2.05) is 0 Å². The monoisotopic (exact) mass is 300 g/mol. The van der Waals surface area contributed by atoms with Crippen LogP contribution in [0, 0.1) is 0 Å². The van der Waals surface area contributed by atoms with Gasteiger partial charge in [-0.05, 0) is 15.9 Å². The number of rotatable bonds is 1. The van der Waals surface area contributed by atoms with E-state index in [0.717, 1.165) is 10.2 Å². The minimum absolute atomic E-state index is 0.462. The van der Waals surface area contributed by atoms with Crippen LogP contribution in [0.4, 0.5) is 16.3 Å². The molecule has 0 saturated carbocycles. The summed E-state index contributed by atoms with van der Waals surface area (Å²) in [5.41, 5.74) is 6.61. The van der Waals surface area contributed by atoms with Gasteiger partial charge in [0.25, 0.3) is 0 Å². The molecule has 0 radical (unpaired) electrons. The second-order valence-electron chi connectivity index (χ2n) is 3.82. The molecule has 1 fully saturated rings. The molecule has 0 spiro atoms. The van der Waals surface area contributed by atoms with Gasteiger partial charge in [-0.15, -0.1) is 0 Å². The van der Waals surface area contributed by atoms with E-state index in [0.29, 0.717) is 32.0 Å². The van der Waals surface area contributed by atoms with Crippen LogP contribution < -0.4 is 10.6 Å². The van der Waals surface area contributed by atoms with Gasteiger partial charge in [0.15, 0.2) is 0 Å². The first-order valence-corrected chi connectivity index (χ1v) is 6.01. The maximum atomic E-state index is 10.8. The molecular formula is C10H13BrN4O2. The quantitative estimate of drug-likeness (QED) is 0.815.